The molecule has 0 N–H and O–H groups in total. The zero-order valence-corrected chi connectivity index (χ0v) is 11.4. The average molecular weight is 250 g/mol. The normalized spacial score (nSPS) is 10.0. The molecule has 92 valence electrons. The molecule has 0 unspecified atom stereocenters. The van der Waals surface area contributed by atoms with Crippen LogP contribution in [0.15, 0.2) is 23.1 Å². The average Bonchev–Trinajstić information content (AvgIpc) is 2.39. The zero-order chi connectivity index (χ0) is 12.7. The van der Waals surface area contributed by atoms with Crippen LogP contribution in [-0.2, 0) is 4.74 Å². The predicted octanol–water partition coefficient (Wildman–Crippen LogP) is 2.75. The molecule has 3 nitrogen and oxygen atoms in total. The molecule has 17 heavy (non-hydrogen) atoms. The molecule has 0 bridgehead atoms. The summed E-state index contributed by atoms with van der Waals surface area (Å²) in [4.78, 5) is 3.20. The first-order valence-electron chi connectivity index (χ1n) is 5.59. The quantitative estimate of drug-likeness (QED) is 0.727. The molecule has 0 aromatic heterocycles. The van der Waals surface area contributed by atoms with Crippen molar-refractivity contribution < 1.29 is 4.74 Å². The van der Waals surface area contributed by atoms with Gasteiger partial charge in [0.25, 0.3) is 0 Å². The lowest BCUT2D eigenvalue weighted by Gasteiger charge is -2.24. The second-order valence-corrected chi connectivity index (χ2v) is 4.39. The number of benzene rings is 1. The number of likely N-dealkylation sites (N-methyl/N-ethyl adjacent to an activating group) is 1. The van der Waals surface area contributed by atoms with Crippen LogP contribution < -0.4 is 4.90 Å². The van der Waals surface area contributed by atoms with Crippen molar-refractivity contribution >= 4 is 17.4 Å². The first kappa shape index (κ1) is 13.9. The fourth-order valence-corrected chi connectivity index (χ4v) is 2.28. The third-order valence-electron chi connectivity index (χ3n) is 2.62. The van der Waals surface area contributed by atoms with Gasteiger partial charge in [0.05, 0.1) is 17.9 Å². The Balaban J connectivity index is 3.06. The highest BCUT2D eigenvalue weighted by molar-refractivity contribution is 7.98. The maximum absolute atomic E-state index is 9.28. The van der Waals surface area contributed by atoms with E-state index >= 15 is 0 Å². The van der Waals surface area contributed by atoms with Crippen LogP contribution in [0.3, 0.4) is 0 Å². The van der Waals surface area contributed by atoms with E-state index in [-0.39, 0.29) is 0 Å². The number of ether oxygens (including phenoxy) is 1. The monoisotopic (exact) mass is 250 g/mol. The number of thioether (sulfide) groups is 1. The van der Waals surface area contributed by atoms with Gasteiger partial charge in [-0.2, -0.15) is 5.26 Å². The van der Waals surface area contributed by atoms with Crippen molar-refractivity contribution in [3.63, 3.8) is 0 Å². The van der Waals surface area contributed by atoms with Crippen molar-refractivity contribution in [3.05, 3.63) is 23.8 Å². The molecule has 0 heterocycles. The summed E-state index contributed by atoms with van der Waals surface area (Å²) in [6.07, 6.45) is 1.99. The van der Waals surface area contributed by atoms with Crippen LogP contribution in [0.2, 0.25) is 0 Å². The summed E-state index contributed by atoms with van der Waals surface area (Å²) in [5.41, 5.74) is 1.76. The van der Waals surface area contributed by atoms with E-state index in [0.717, 1.165) is 29.2 Å². The summed E-state index contributed by atoms with van der Waals surface area (Å²) in [6, 6.07) is 8.28. The largest absolute Gasteiger partial charge is 0.383 e. The third kappa shape index (κ3) is 3.39. The standard InChI is InChI=1S/C13H18N2OS/c1-4-15(8-9-16-2)12-6-5-7-13(17-3)11(12)10-14/h5-7H,4,8-9H2,1-3H3. The number of hydrogen-bond acceptors (Lipinski definition) is 4. The molecule has 0 saturated heterocycles. The molecular formula is C13H18N2OS. The molecule has 0 amide bonds. The van der Waals surface area contributed by atoms with Gasteiger partial charge in [0.15, 0.2) is 0 Å². The van der Waals surface area contributed by atoms with Gasteiger partial charge in [-0.1, -0.05) is 6.07 Å². The maximum Gasteiger partial charge on any atom is 0.103 e. The molecule has 0 fully saturated rings. The van der Waals surface area contributed by atoms with Crippen LogP contribution in [0.5, 0.6) is 0 Å². The summed E-state index contributed by atoms with van der Waals surface area (Å²) in [5.74, 6) is 0. The van der Waals surface area contributed by atoms with Crippen molar-refractivity contribution in [3.8, 4) is 6.07 Å². The Morgan fingerprint density at radius 3 is 2.76 bits per heavy atom. The predicted molar refractivity (Wildman–Crippen MR) is 72.7 cm³/mol. The maximum atomic E-state index is 9.28. The summed E-state index contributed by atoms with van der Waals surface area (Å²) in [5, 5.41) is 9.28. The number of methoxy groups -OCH3 is 1. The Hall–Kier alpha value is -1.18. The topological polar surface area (TPSA) is 36.3 Å². The van der Waals surface area contributed by atoms with Crippen molar-refractivity contribution in [2.24, 2.45) is 0 Å². The van der Waals surface area contributed by atoms with Gasteiger partial charge in [-0.05, 0) is 25.3 Å². The molecule has 0 spiro atoms. The molecule has 0 aliphatic rings. The van der Waals surface area contributed by atoms with Crippen LogP contribution in [0.4, 0.5) is 5.69 Å². The molecule has 1 aromatic carbocycles. The molecule has 0 radical (unpaired) electrons. The van der Waals surface area contributed by atoms with Gasteiger partial charge in [-0.25, -0.2) is 0 Å². The molecular weight excluding hydrogens is 232 g/mol. The van der Waals surface area contributed by atoms with Crippen LogP contribution in [0, 0.1) is 11.3 Å². The van der Waals surface area contributed by atoms with Crippen LogP contribution in [0.25, 0.3) is 0 Å². The number of nitriles is 1. The molecule has 0 aliphatic heterocycles. The molecule has 4 heteroatoms. The fraction of sp³-hybridized carbons (Fsp3) is 0.462. The van der Waals surface area contributed by atoms with Gasteiger partial charge >= 0.3 is 0 Å². The van der Waals surface area contributed by atoms with E-state index in [1.54, 1.807) is 18.9 Å². The Labute approximate surface area is 107 Å². The Kier molecular flexibility index (Phi) is 5.88. The van der Waals surface area contributed by atoms with E-state index in [4.69, 9.17) is 4.74 Å². The lowest BCUT2D eigenvalue weighted by atomic mass is 10.1. The molecule has 1 aromatic rings. The number of hydrogen-bond donors (Lipinski definition) is 0. The zero-order valence-electron chi connectivity index (χ0n) is 10.6. The Morgan fingerprint density at radius 2 is 2.24 bits per heavy atom. The summed E-state index contributed by atoms with van der Waals surface area (Å²) < 4.78 is 5.10. The Morgan fingerprint density at radius 1 is 1.47 bits per heavy atom. The van der Waals surface area contributed by atoms with Gasteiger partial charge in [0.1, 0.15) is 6.07 Å². The van der Waals surface area contributed by atoms with Crippen LogP contribution in [-0.4, -0.2) is 33.1 Å². The van der Waals surface area contributed by atoms with E-state index in [1.807, 2.05) is 24.5 Å². The van der Waals surface area contributed by atoms with E-state index in [9.17, 15) is 5.26 Å². The highest BCUT2D eigenvalue weighted by Crippen LogP contribution is 2.28. The van der Waals surface area contributed by atoms with Crippen molar-refractivity contribution in [1.82, 2.24) is 0 Å². The smallest absolute Gasteiger partial charge is 0.103 e. The van der Waals surface area contributed by atoms with Crippen molar-refractivity contribution in [2.45, 2.75) is 11.8 Å². The van der Waals surface area contributed by atoms with Crippen molar-refractivity contribution in [1.29, 1.82) is 5.26 Å². The van der Waals surface area contributed by atoms with Gasteiger partial charge in [0.2, 0.25) is 0 Å². The lowest BCUT2D eigenvalue weighted by molar-refractivity contribution is 0.205. The number of anilines is 1. The van der Waals surface area contributed by atoms with Gasteiger partial charge in [-0.15, -0.1) is 11.8 Å². The molecule has 1 rings (SSSR count). The SMILES string of the molecule is CCN(CCOC)c1cccc(SC)c1C#N. The first-order chi connectivity index (χ1) is 8.28. The molecule has 0 aliphatic carbocycles. The minimum atomic E-state index is 0.669. The van der Waals surface area contributed by atoms with Crippen LogP contribution >= 0.6 is 11.8 Å². The van der Waals surface area contributed by atoms with E-state index in [2.05, 4.69) is 17.9 Å². The minimum Gasteiger partial charge on any atom is -0.383 e. The van der Waals surface area contributed by atoms with Gasteiger partial charge in [-0.3, -0.25) is 0 Å². The van der Waals surface area contributed by atoms with Gasteiger partial charge in [0, 0.05) is 25.1 Å². The number of nitrogens with zero attached hydrogens (tertiary/aromatic N) is 2. The van der Waals surface area contributed by atoms with Crippen LogP contribution in [0.1, 0.15) is 12.5 Å². The summed E-state index contributed by atoms with van der Waals surface area (Å²) >= 11 is 1.61. The van der Waals surface area contributed by atoms with Gasteiger partial charge < -0.3 is 9.64 Å². The van der Waals surface area contributed by atoms with E-state index in [0.29, 0.717) is 6.61 Å². The highest BCUT2D eigenvalue weighted by Gasteiger charge is 2.12. The fourth-order valence-electron chi connectivity index (χ4n) is 1.72. The third-order valence-corrected chi connectivity index (χ3v) is 3.40. The number of rotatable bonds is 6. The van der Waals surface area contributed by atoms with E-state index in [1.165, 1.54) is 0 Å². The minimum absolute atomic E-state index is 0.669. The Bertz CT molecular complexity index is 401. The first-order valence-corrected chi connectivity index (χ1v) is 6.81. The second kappa shape index (κ2) is 7.21. The summed E-state index contributed by atoms with van der Waals surface area (Å²) in [6.45, 7) is 4.43. The molecule has 0 saturated carbocycles. The highest BCUT2D eigenvalue weighted by atomic mass is 32.2. The van der Waals surface area contributed by atoms with E-state index < -0.39 is 0 Å². The summed E-state index contributed by atoms with van der Waals surface area (Å²) in [7, 11) is 1.69. The molecule has 0 atom stereocenters. The second-order valence-electron chi connectivity index (χ2n) is 3.54. The van der Waals surface area contributed by atoms with Crippen molar-refractivity contribution in [2.75, 3.05) is 38.0 Å². The lowest BCUT2D eigenvalue weighted by Crippen LogP contribution is -2.27.